The zero-order valence-corrected chi connectivity index (χ0v) is 16.7. The van der Waals surface area contributed by atoms with E-state index in [2.05, 4.69) is 4.99 Å². The molecule has 0 unspecified atom stereocenters. The Balaban J connectivity index is 1.89. The van der Waals surface area contributed by atoms with Crippen LogP contribution in [-0.2, 0) is 6.54 Å². The van der Waals surface area contributed by atoms with Gasteiger partial charge in [0.25, 0.3) is 5.91 Å². The maximum absolute atomic E-state index is 12.9. The lowest BCUT2D eigenvalue weighted by atomic mass is 10.1. The lowest BCUT2D eigenvalue weighted by Gasteiger charge is -2.08. The van der Waals surface area contributed by atoms with Gasteiger partial charge in [0.2, 0.25) is 0 Å². The van der Waals surface area contributed by atoms with E-state index in [1.54, 1.807) is 14.2 Å². The van der Waals surface area contributed by atoms with Crippen molar-refractivity contribution in [1.82, 2.24) is 4.57 Å². The zero-order chi connectivity index (χ0) is 19.7. The standard InChI is InChI=1S/C22H20N2O3S/c1-4-24-19-17(26-2)11-12-18(27-3)20(19)28-22(24)23-21(25)16-10-9-14-7-5-6-8-15(14)13-16/h5-13H,4H2,1-3H3. The van der Waals surface area contributed by atoms with E-state index in [9.17, 15) is 4.79 Å². The summed E-state index contributed by atoms with van der Waals surface area (Å²) in [6.45, 7) is 2.68. The maximum Gasteiger partial charge on any atom is 0.279 e. The Morgan fingerprint density at radius 2 is 1.71 bits per heavy atom. The summed E-state index contributed by atoms with van der Waals surface area (Å²) >= 11 is 1.43. The van der Waals surface area contributed by atoms with E-state index < -0.39 is 0 Å². The van der Waals surface area contributed by atoms with Gasteiger partial charge in [0.1, 0.15) is 21.7 Å². The molecule has 0 spiro atoms. The van der Waals surface area contributed by atoms with E-state index in [4.69, 9.17) is 9.47 Å². The second-order valence-corrected chi connectivity index (χ2v) is 7.23. The van der Waals surface area contributed by atoms with Crippen LogP contribution >= 0.6 is 11.3 Å². The number of rotatable bonds is 4. The van der Waals surface area contributed by atoms with Crippen molar-refractivity contribution < 1.29 is 14.3 Å². The molecule has 0 atom stereocenters. The van der Waals surface area contributed by atoms with E-state index in [-0.39, 0.29) is 5.91 Å². The number of benzene rings is 3. The van der Waals surface area contributed by atoms with Crippen LogP contribution in [0.5, 0.6) is 11.5 Å². The van der Waals surface area contributed by atoms with E-state index in [0.29, 0.717) is 16.9 Å². The highest BCUT2D eigenvalue weighted by atomic mass is 32.1. The van der Waals surface area contributed by atoms with Gasteiger partial charge in [0.05, 0.1) is 14.2 Å². The molecule has 0 fully saturated rings. The third kappa shape index (κ3) is 3.05. The summed E-state index contributed by atoms with van der Waals surface area (Å²) in [5.41, 5.74) is 1.46. The molecule has 0 saturated heterocycles. The molecule has 3 aromatic carbocycles. The minimum atomic E-state index is -0.266. The number of methoxy groups -OCH3 is 2. The lowest BCUT2D eigenvalue weighted by molar-refractivity contribution is 0.0998. The third-order valence-electron chi connectivity index (χ3n) is 4.70. The Kier molecular flexibility index (Phi) is 4.88. The molecule has 5 nitrogen and oxygen atoms in total. The molecule has 0 aliphatic carbocycles. The summed E-state index contributed by atoms with van der Waals surface area (Å²) in [7, 11) is 3.27. The van der Waals surface area contributed by atoms with Gasteiger partial charge < -0.3 is 14.0 Å². The fraction of sp³-hybridized carbons (Fsp3) is 0.182. The van der Waals surface area contributed by atoms with Gasteiger partial charge in [-0.15, -0.1) is 0 Å². The number of thiazole rings is 1. The van der Waals surface area contributed by atoms with Crippen molar-refractivity contribution in [2.45, 2.75) is 13.5 Å². The van der Waals surface area contributed by atoms with Crippen molar-refractivity contribution in [3.8, 4) is 11.5 Å². The summed E-state index contributed by atoms with van der Waals surface area (Å²) in [5.74, 6) is 1.20. The van der Waals surface area contributed by atoms with Crippen LogP contribution in [0.25, 0.3) is 21.0 Å². The van der Waals surface area contributed by atoms with Crippen LogP contribution in [0.2, 0.25) is 0 Å². The number of nitrogens with zero attached hydrogens (tertiary/aromatic N) is 2. The van der Waals surface area contributed by atoms with Gasteiger partial charge in [0, 0.05) is 12.1 Å². The Bertz CT molecular complexity index is 1250. The van der Waals surface area contributed by atoms with E-state index in [1.165, 1.54) is 11.3 Å². The second-order valence-electron chi connectivity index (χ2n) is 6.26. The first-order valence-electron chi connectivity index (χ1n) is 8.98. The average molecular weight is 392 g/mol. The molecular weight excluding hydrogens is 372 g/mol. The molecule has 4 rings (SSSR count). The van der Waals surface area contributed by atoms with Crippen LogP contribution in [-0.4, -0.2) is 24.7 Å². The molecule has 6 heteroatoms. The van der Waals surface area contributed by atoms with Crippen molar-refractivity contribution in [2.24, 2.45) is 4.99 Å². The number of carbonyl (C=O) groups excluding carboxylic acids is 1. The molecule has 0 aliphatic rings. The van der Waals surface area contributed by atoms with Gasteiger partial charge in [0.15, 0.2) is 4.80 Å². The fourth-order valence-electron chi connectivity index (χ4n) is 3.31. The molecule has 0 radical (unpaired) electrons. The molecule has 1 amide bonds. The predicted molar refractivity (Wildman–Crippen MR) is 112 cm³/mol. The summed E-state index contributed by atoms with van der Waals surface area (Å²) in [4.78, 5) is 17.9. The summed E-state index contributed by atoms with van der Waals surface area (Å²) in [6.07, 6.45) is 0. The highest BCUT2D eigenvalue weighted by molar-refractivity contribution is 7.16. The Hall–Kier alpha value is -3.12. The van der Waals surface area contributed by atoms with Crippen molar-refractivity contribution in [3.05, 3.63) is 65.0 Å². The van der Waals surface area contributed by atoms with Crippen LogP contribution in [0.1, 0.15) is 17.3 Å². The number of amides is 1. The quantitative estimate of drug-likeness (QED) is 0.509. The van der Waals surface area contributed by atoms with E-state index in [1.807, 2.05) is 66.1 Å². The van der Waals surface area contributed by atoms with Gasteiger partial charge in [-0.3, -0.25) is 4.79 Å². The highest BCUT2D eigenvalue weighted by Gasteiger charge is 2.16. The molecule has 1 heterocycles. The lowest BCUT2D eigenvalue weighted by Crippen LogP contribution is -2.16. The first kappa shape index (κ1) is 18.3. The Labute approximate surface area is 166 Å². The first-order chi connectivity index (χ1) is 13.7. The molecular formula is C22H20N2O3S. The van der Waals surface area contributed by atoms with E-state index in [0.717, 1.165) is 32.5 Å². The van der Waals surface area contributed by atoms with Gasteiger partial charge in [-0.25, -0.2) is 0 Å². The summed E-state index contributed by atoms with van der Waals surface area (Å²) in [6, 6.07) is 17.3. The Morgan fingerprint density at radius 1 is 1.00 bits per heavy atom. The number of aryl methyl sites for hydroxylation is 1. The van der Waals surface area contributed by atoms with Gasteiger partial charge >= 0.3 is 0 Å². The maximum atomic E-state index is 12.9. The van der Waals surface area contributed by atoms with Crippen molar-refractivity contribution in [2.75, 3.05) is 14.2 Å². The molecule has 0 bridgehead atoms. The topological polar surface area (TPSA) is 52.8 Å². The van der Waals surface area contributed by atoms with Gasteiger partial charge in [-0.1, -0.05) is 41.7 Å². The molecule has 28 heavy (non-hydrogen) atoms. The van der Waals surface area contributed by atoms with Crippen LogP contribution in [0.15, 0.2) is 59.6 Å². The molecule has 1 aromatic heterocycles. The smallest absolute Gasteiger partial charge is 0.279 e. The zero-order valence-electron chi connectivity index (χ0n) is 15.9. The molecule has 0 N–H and O–H groups in total. The number of carbonyl (C=O) groups is 1. The SMILES string of the molecule is CCn1c(=NC(=O)c2ccc3ccccc3c2)sc2c(OC)ccc(OC)c21. The molecule has 4 aromatic rings. The predicted octanol–water partition coefficient (Wildman–Crippen LogP) is 4.63. The van der Waals surface area contributed by atoms with Gasteiger partial charge in [-0.05, 0) is 42.0 Å². The molecule has 0 aliphatic heterocycles. The normalized spacial score (nSPS) is 11.9. The number of ether oxygens (including phenoxy) is 2. The van der Waals surface area contributed by atoms with Crippen LogP contribution in [0, 0.1) is 0 Å². The fourth-order valence-corrected chi connectivity index (χ4v) is 4.51. The highest BCUT2D eigenvalue weighted by Crippen LogP contribution is 2.35. The number of fused-ring (bicyclic) bond motifs is 2. The van der Waals surface area contributed by atoms with Crippen LogP contribution in [0.3, 0.4) is 0 Å². The van der Waals surface area contributed by atoms with Crippen LogP contribution in [0.4, 0.5) is 0 Å². The average Bonchev–Trinajstić information content (AvgIpc) is 3.10. The minimum Gasteiger partial charge on any atom is -0.495 e. The second kappa shape index (κ2) is 7.48. The molecule has 0 saturated carbocycles. The largest absolute Gasteiger partial charge is 0.495 e. The first-order valence-corrected chi connectivity index (χ1v) is 9.80. The van der Waals surface area contributed by atoms with Crippen molar-refractivity contribution in [3.63, 3.8) is 0 Å². The Morgan fingerprint density at radius 3 is 2.43 bits per heavy atom. The van der Waals surface area contributed by atoms with Crippen molar-refractivity contribution in [1.29, 1.82) is 0 Å². The van der Waals surface area contributed by atoms with Crippen molar-refractivity contribution >= 4 is 38.2 Å². The summed E-state index contributed by atoms with van der Waals surface area (Å²) in [5, 5.41) is 2.12. The number of aromatic nitrogens is 1. The minimum absolute atomic E-state index is 0.266. The number of hydrogen-bond donors (Lipinski definition) is 0. The molecule has 142 valence electrons. The van der Waals surface area contributed by atoms with Crippen LogP contribution < -0.4 is 14.3 Å². The van der Waals surface area contributed by atoms with E-state index >= 15 is 0 Å². The monoisotopic (exact) mass is 392 g/mol. The van der Waals surface area contributed by atoms with Gasteiger partial charge in [-0.2, -0.15) is 4.99 Å². The number of hydrogen-bond acceptors (Lipinski definition) is 4. The third-order valence-corrected chi connectivity index (χ3v) is 5.80. The summed E-state index contributed by atoms with van der Waals surface area (Å²) < 4.78 is 13.9.